The van der Waals surface area contributed by atoms with E-state index in [4.69, 9.17) is 18.0 Å². The first kappa shape index (κ1) is 13.9. The second kappa shape index (κ2) is 5.25. The van der Waals surface area contributed by atoms with Gasteiger partial charge >= 0.3 is 0 Å². The summed E-state index contributed by atoms with van der Waals surface area (Å²) in [6, 6.07) is 0. The molecule has 1 amide bonds. The van der Waals surface area contributed by atoms with Crippen molar-refractivity contribution in [2.24, 2.45) is 5.73 Å². The number of rotatable bonds is 3. The molecule has 1 aliphatic rings. The summed E-state index contributed by atoms with van der Waals surface area (Å²) in [5.41, 5.74) is 5.85. The molecule has 1 aliphatic heterocycles. The Morgan fingerprint density at radius 3 is 2.89 bits per heavy atom. The molecule has 1 aromatic rings. The first-order valence-corrected chi connectivity index (χ1v) is 7.90. The van der Waals surface area contributed by atoms with Gasteiger partial charge in [-0.2, -0.15) is 5.10 Å². The van der Waals surface area contributed by atoms with Gasteiger partial charge in [-0.25, -0.2) is 8.42 Å². The van der Waals surface area contributed by atoms with Crippen LogP contribution in [-0.2, 0) is 14.6 Å². The van der Waals surface area contributed by atoms with E-state index in [9.17, 15) is 13.2 Å². The number of aromatic amines is 1. The Bertz CT molecular complexity index is 608. The SMILES string of the molecule is NC(=S)c1cn[nH]c1NC(=O)C1CCCCS1(=O)=O. The number of carbonyl (C=O) groups is 1. The van der Waals surface area contributed by atoms with Gasteiger partial charge in [0.05, 0.1) is 17.5 Å². The van der Waals surface area contributed by atoms with Crippen molar-refractivity contribution in [1.29, 1.82) is 0 Å². The molecular weight excluding hydrogens is 288 g/mol. The first-order valence-electron chi connectivity index (χ1n) is 5.77. The van der Waals surface area contributed by atoms with Crippen LogP contribution in [0.5, 0.6) is 0 Å². The summed E-state index contributed by atoms with van der Waals surface area (Å²) >= 11 is 4.81. The smallest absolute Gasteiger partial charge is 0.243 e. The van der Waals surface area contributed by atoms with E-state index in [-0.39, 0.29) is 16.6 Å². The van der Waals surface area contributed by atoms with Crippen molar-refractivity contribution in [3.05, 3.63) is 11.8 Å². The number of H-pyrrole nitrogens is 1. The minimum absolute atomic E-state index is 0.0518. The predicted molar refractivity (Wildman–Crippen MR) is 74.5 cm³/mol. The van der Waals surface area contributed by atoms with Crippen LogP contribution in [0.4, 0.5) is 5.82 Å². The third-order valence-electron chi connectivity index (χ3n) is 3.02. The molecule has 0 saturated carbocycles. The molecule has 7 nitrogen and oxygen atoms in total. The van der Waals surface area contributed by atoms with Gasteiger partial charge in [-0.1, -0.05) is 18.6 Å². The molecule has 4 N–H and O–H groups in total. The fraction of sp³-hybridized carbons (Fsp3) is 0.500. The van der Waals surface area contributed by atoms with Crippen molar-refractivity contribution >= 4 is 38.8 Å². The molecule has 0 spiro atoms. The van der Waals surface area contributed by atoms with Crippen molar-refractivity contribution in [3.63, 3.8) is 0 Å². The number of anilines is 1. The summed E-state index contributed by atoms with van der Waals surface area (Å²) in [4.78, 5) is 12.1. The van der Waals surface area contributed by atoms with E-state index in [1.54, 1.807) is 0 Å². The summed E-state index contributed by atoms with van der Waals surface area (Å²) < 4.78 is 23.7. The lowest BCUT2D eigenvalue weighted by atomic mass is 10.2. The maximum atomic E-state index is 12.0. The lowest BCUT2D eigenvalue weighted by molar-refractivity contribution is -0.116. The quantitative estimate of drug-likeness (QED) is 0.674. The van der Waals surface area contributed by atoms with Gasteiger partial charge in [-0.3, -0.25) is 9.89 Å². The molecule has 2 rings (SSSR count). The number of hydrogen-bond acceptors (Lipinski definition) is 5. The van der Waals surface area contributed by atoms with Crippen LogP contribution in [0.1, 0.15) is 24.8 Å². The zero-order valence-corrected chi connectivity index (χ0v) is 11.7. The number of aromatic nitrogens is 2. The Balaban J connectivity index is 2.17. The minimum Gasteiger partial charge on any atom is -0.389 e. The van der Waals surface area contributed by atoms with Crippen LogP contribution in [0.3, 0.4) is 0 Å². The fourth-order valence-corrected chi connectivity index (χ4v) is 3.98. The van der Waals surface area contributed by atoms with Gasteiger partial charge in [0.15, 0.2) is 9.84 Å². The van der Waals surface area contributed by atoms with E-state index in [0.717, 1.165) is 6.42 Å². The number of sulfone groups is 1. The van der Waals surface area contributed by atoms with Crippen molar-refractivity contribution in [3.8, 4) is 0 Å². The van der Waals surface area contributed by atoms with Crippen LogP contribution < -0.4 is 11.1 Å². The Morgan fingerprint density at radius 1 is 1.53 bits per heavy atom. The van der Waals surface area contributed by atoms with Gasteiger partial charge in [-0.05, 0) is 12.8 Å². The van der Waals surface area contributed by atoms with Gasteiger partial charge in [0.2, 0.25) is 5.91 Å². The predicted octanol–water partition coefficient (Wildman–Crippen LogP) is -0.0503. The number of amides is 1. The molecule has 0 radical (unpaired) electrons. The Labute approximate surface area is 115 Å². The molecule has 0 aliphatic carbocycles. The van der Waals surface area contributed by atoms with E-state index >= 15 is 0 Å². The van der Waals surface area contributed by atoms with Crippen LogP contribution in [0.25, 0.3) is 0 Å². The molecular formula is C10H14N4O3S2. The lowest BCUT2D eigenvalue weighted by Gasteiger charge is -2.21. The minimum atomic E-state index is -3.37. The van der Waals surface area contributed by atoms with Crippen molar-refractivity contribution in [1.82, 2.24) is 10.2 Å². The lowest BCUT2D eigenvalue weighted by Crippen LogP contribution is -2.39. The topological polar surface area (TPSA) is 118 Å². The molecule has 1 unspecified atom stereocenters. The van der Waals surface area contributed by atoms with Crippen LogP contribution in [0.15, 0.2) is 6.20 Å². The molecule has 0 aromatic carbocycles. The molecule has 1 saturated heterocycles. The zero-order chi connectivity index (χ0) is 14.0. The molecule has 1 atom stereocenters. The standard InChI is InChI=1S/C10H14N4O3S2/c11-8(18)6-5-12-14-9(6)13-10(15)7-3-1-2-4-19(7,16)17/h5,7H,1-4H2,(H2,11,18)(H2,12,13,14,15). The second-order valence-electron chi connectivity index (χ2n) is 4.36. The average molecular weight is 302 g/mol. The van der Waals surface area contributed by atoms with E-state index in [1.165, 1.54) is 6.20 Å². The summed E-state index contributed by atoms with van der Waals surface area (Å²) in [7, 11) is -3.37. The summed E-state index contributed by atoms with van der Waals surface area (Å²) in [6.45, 7) is 0. The zero-order valence-electron chi connectivity index (χ0n) is 10.0. The van der Waals surface area contributed by atoms with Crippen molar-refractivity contribution in [2.75, 3.05) is 11.1 Å². The number of nitrogens with two attached hydrogens (primary N) is 1. The number of thiocarbonyl (C=S) groups is 1. The number of carbonyl (C=O) groups excluding carboxylic acids is 1. The van der Waals surface area contributed by atoms with Gasteiger partial charge in [0.25, 0.3) is 0 Å². The second-order valence-corrected chi connectivity index (χ2v) is 7.11. The fourth-order valence-electron chi connectivity index (χ4n) is 2.02. The van der Waals surface area contributed by atoms with Crippen molar-refractivity contribution < 1.29 is 13.2 Å². The summed E-state index contributed by atoms with van der Waals surface area (Å²) in [5, 5.41) is 7.74. The maximum Gasteiger partial charge on any atom is 0.243 e. The van der Waals surface area contributed by atoms with E-state index in [0.29, 0.717) is 18.4 Å². The molecule has 1 fully saturated rings. The van der Waals surface area contributed by atoms with Crippen molar-refractivity contribution in [2.45, 2.75) is 24.5 Å². The molecule has 0 bridgehead atoms. The molecule has 19 heavy (non-hydrogen) atoms. The largest absolute Gasteiger partial charge is 0.389 e. The maximum absolute atomic E-state index is 12.0. The van der Waals surface area contributed by atoms with E-state index in [1.807, 2.05) is 0 Å². The van der Waals surface area contributed by atoms with Gasteiger partial charge in [0, 0.05) is 0 Å². The first-order chi connectivity index (χ1) is 8.92. The Morgan fingerprint density at radius 2 is 2.26 bits per heavy atom. The molecule has 2 heterocycles. The highest BCUT2D eigenvalue weighted by Gasteiger charge is 2.35. The highest BCUT2D eigenvalue weighted by atomic mass is 32.2. The van der Waals surface area contributed by atoms with Gasteiger partial charge in [0.1, 0.15) is 16.1 Å². The average Bonchev–Trinajstić information content (AvgIpc) is 2.76. The van der Waals surface area contributed by atoms with Gasteiger partial charge in [-0.15, -0.1) is 0 Å². The van der Waals surface area contributed by atoms with E-state index < -0.39 is 21.0 Å². The third kappa shape index (κ3) is 2.92. The molecule has 9 heteroatoms. The molecule has 1 aromatic heterocycles. The van der Waals surface area contributed by atoms with Gasteiger partial charge < -0.3 is 11.1 Å². The Hall–Kier alpha value is -1.48. The van der Waals surface area contributed by atoms with Crippen LogP contribution in [0.2, 0.25) is 0 Å². The number of nitrogens with one attached hydrogen (secondary N) is 2. The summed E-state index contributed by atoms with van der Waals surface area (Å²) in [6.07, 6.45) is 3.05. The third-order valence-corrected chi connectivity index (χ3v) is 5.42. The monoisotopic (exact) mass is 302 g/mol. The number of nitrogens with zero attached hydrogens (tertiary/aromatic N) is 1. The summed E-state index contributed by atoms with van der Waals surface area (Å²) in [5.74, 6) is -0.282. The van der Waals surface area contributed by atoms with Crippen LogP contribution in [0, 0.1) is 0 Å². The van der Waals surface area contributed by atoms with E-state index in [2.05, 4.69) is 15.5 Å². The van der Waals surface area contributed by atoms with Crippen LogP contribution >= 0.6 is 12.2 Å². The highest BCUT2D eigenvalue weighted by molar-refractivity contribution is 7.92. The van der Waals surface area contributed by atoms with Crippen LogP contribution in [-0.4, -0.2) is 40.5 Å². The Kier molecular flexibility index (Phi) is 3.85. The molecule has 104 valence electrons. The highest BCUT2D eigenvalue weighted by Crippen LogP contribution is 2.21. The number of hydrogen-bond donors (Lipinski definition) is 3. The normalized spacial score (nSPS) is 21.8.